The van der Waals surface area contributed by atoms with Gasteiger partial charge in [0.1, 0.15) is 11.5 Å². The molecular weight excluding hydrogens is 436 g/mol. The minimum absolute atomic E-state index is 0.197. The molecule has 6 nitrogen and oxygen atoms in total. The molecule has 0 atom stereocenters. The van der Waals surface area contributed by atoms with Crippen molar-refractivity contribution in [3.05, 3.63) is 57.6 Å². The first-order chi connectivity index (χ1) is 13.8. The third-order valence-electron chi connectivity index (χ3n) is 4.12. The normalized spacial score (nSPS) is 10.6. The maximum atomic E-state index is 12.3. The van der Waals surface area contributed by atoms with Crippen LogP contribution in [-0.2, 0) is 4.79 Å². The highest BCUT2D eigenvalue weighted by atomic mass is 79.9. The molecular formula is C22H27BrN2O4. The van der Waals surface area contributed by atoms with Crippen LogP contribution >= 0.6 is 15.9 Å². The fourth-order valence-electron chi connectivity index (χ4n) is 2.59. The van der Waals surface area contributed by atoms with Crippen LogP contribution < -0.4 is 20.3 Å². The van der Waals surface area contributed by atoms with Crippen molar-refractivity contribution >= 4 is 27.7 Å². The van der Waals surface area contributed by atoms with Gasteiger partial charge in [0.15, 0.2) is 6.61 Å². The minimum Gasteiger partial charge on any atom is -0.492 e. The summed E-state index contributed by atoms with van der Waals surface area (Å²) in [6, 6.07) is 10.9. The Morgan fingerprint density at radius 2 is 1.79 bits per heavy atom. The summed E-state index contributed by atoms with van der Waals surface area (Å²) in [5.74, 6) is 0.736. The van der Waals surface area contributed by atoms with E-state index in [2.05, 4.69) is 40.6 Å². The number of hydrogen-bond acceptors (Lipinski definition) is 4. The van der Waals surface area contributed by atoms with Gasteiger partial charge in [-0.15, -0.1) is 0 Å². The lowest BCUT2D eigenvalue weighted by molar-refractivity contribution is -0.123. The molecule has 2 rings (SSSR count). The molecule has 2 N–H and O–H groups in total. The van der Waals surface area contributed by atoms with Gasteiger partial charge in [-0.3, -0.25) is 20.4 Å². The molecule has 0 unspecified atom stereocenters. The first kappa shape index (κ1) is 22.7. The van der Waals surface area contributed by atoms with E-state index in [9.17, 15) is 9.59 Å². The van der Waals surface area contributed by atoms with Crippen LogP contribution in [0.3, 0.4) is 0 Å². The molecule has 0 radical (unpaired) electrons. The Morgan fingerprint density at radius 1 is 1.03 bits per heavy atom. The van der Waals surface area contributed by atoms with Gasteiger partial charge in [-0.25, -0.2) is 0 Å². The van der Waals surface area contributed by atoms with Crippen LogP contribution in [0.15, 0.2) is 40.9 Å². The maximum absolute atomic E-state index is 12.3. The number of carbonyl (C=O) groups is 2. The lowest BCUT2D eigenvalue weighted by Gasteiger charge is -2.15. The average molecular weight is 463 g/mol. The topological polar surface area (TPSA) is 76.7 Å². The highest BCUT2D eigenvalue weighted by Gasteiger charge is 2.13. The summed E-state index contributed by atoms with van der Waals surface area (Å²) in [5.41, 5.74) is 7.24. The van der Waals surface area contributed by atoms with E-state index in [1.807, 2.05) is 32.0 Å². The van der Waals surface area contributed by atoms with Gasteiger partial charge in [0.2, 0.25) is 0 Å². The zero-order valence-corrected chi connectivity index (χ0v) is 18.8. The van der Waals surface area contributed by atoms with Crippen LogP contribution in [0, 0.1) is 6.92 Å². The van der Waals surface area contributed by atoms with Crippen molar-refractivity contribution in [3.63, 3.8) is 0 Å². The molecule has 156 valence electrons. The molecule has 29 heavy (non-hydrogen) atoms. The molecule has 0 saturated carbocycles. The lowest BCUT2D eigenvalue weighted by atomic mass is 10.0. The molecule has 2 aromatic rings. The number of carbonyl (C=O) groups excluding carboxylic acids is 2. The number of rotatable bonds is 8. The third-order valence-corrected chi connectivity index (χ3v) is 4.74. The first-order valence-electron chi connectivity index (χ1n) is 9.56. The summed E-state index contributed by atoms with van der Waals surface area (Å²) in [6.07, 6.45) is 0.893. The van der Waals surface area contributed by atoms with Gasteiger partial charge < -0.3 is 9.47 Å². The van der Waals surface area contributed by atoms with Crippen molar-refractivity contribution in [1.82, 2.24) is 10.9 Å². The molecule has 0 aliphatic carbocycles. The standard InChI is InChI=1S/C22H27BrN2O4/c1-5-10-28-19-9-7-16(12-18(19)23)22(27)25-24-21(26)13-29-20-11-15(4)6-8-17(20)14(2)3/h6-9,11-12,14H,5,10,13H2,1-4H3,(H,24,26)(H,25,27). The summed E-state index contributed by atoms with van der Waals surface area (Å²) in [7, 11) is 0. The Bertz CT molecular complexity index is 868. The van der Waals surface area contributed by atoms with Crippen LogP contribution in [0.1, 0.15) is 54.6 Å². The minimum atomic E-state index is -0.448. The molecule has 0 heterocycles. The summed E-state index contributed by atoms with van der Waals surface area (Å²) in [6.45, 7) is 8.51. The van der Waals surface area contributed by atoms with E-state index in [-0.39, 0.29) is 12.5 Å². The van der Waals surface area contributed by atoms with Crippen LogP contribution in [0.2, 0.25) is 0 Å². The highest BCUT2D eigenvalue weighted by Crippen LogP contribution is 2.27. The molecule has 0 spiro atoms. The van der Waals surface area contributed by atoms with Gasteiger partial charge >= 0.3 is 0 Å². The number of aryl methyl sites for hydroxylation is 1. The second-order valence-electron chi connectivity index (χ2n) is 6.98. The number of amides is 2. The predicted octanol–water partition coefficient (Wildman–Crippen LogP) is 4.51. The van der Waals surface area contributed by atoms with Gasteiger partial charge in [-0.05, 0) is 70.6 Å². The van der Waals surface area contributed by atoms with E-state index in [1.165, 1.54) is 0 Å². The fourth-order valence-corrected chi connectivity index (χ4v) is 3.09. The molecule has 0 saturated heterocycles. The second kappa shape index (κ2) is 10.9. The van der Waals surface area contributed by atoms with E-state index >= 15 is 0 Å². The summed E-state index contributed by atoms with van der Waals surface area (Å²) in [5, 5.41) is 0. The second-order valence-corrected chi connectivity index (χ2v) is 7.83. The molecule has 0 fully saturated rings. The average Bonchev–Trinajstić information content (AvgIpc) is 2.69. The van der Waals surface area contributed by atoms with E-state index in [4.69, 9.17) is 9.47 Å². The quantitative estimate of drug-likeness (QED) is 0.565. The van der Waals surface area contributed by atoms with Crippen LogP contribution in [0.25, 0.3) is 0 Å². The van der Waals surface area contributed by atoms with Gasteiger partial charge in [0.05, 0.1) is 11.1 Å². The van der Waals surface area contributed by atoms with Crippen LogP contribution in [-0.4, -0.2) is 25.0 Å². The fraction of sp³-hybridized carbons (Fsp3) is 0.364. The summed E-state index contributed by atoms with van der Waals surface area (Å²) < 4.78 is 11.9. The Hall–Kier alpha value is -2.54. The Labute approximate surface area is 180 Å². The van der Waals surface area contributed by atoms with E-state index in [1.54, 1.807) is 18.2 Å². The zero-order valence-electron chi connectivity index (χ0n) is 17.2. The first-order valence-corrected chi connectivity index (χ1v) is 10.4. The zero-order chi connectivity index (χ0) is 21.4. The maximum Gasteiger partial charge on any atom is 0.276 e. The third kappa shape index (κ3) is 6.78. The van der Waals surface area contributed by atoms with Crippen molar-refractivity contribution in [2.24, 2.45) is 0 Å². The monoisotopic (exact) mass is 462 g/mol. The summed E-state index contributed by atoms with van der Waals surface area (Å²) >= 11 is 3.39. The van der Waals surface area contributed by atoms with Crippen molar-refractivity contribution in [1.29, 1.82) is 0 Å². The van der Waals surface area contributed by atoms with Crippen molar-refractivity contribution in [3.8, 4) is 11.5 Å². The molecule has 0 aromatic heterocycles. The van der Waals surface area contributed by atoms with E-state index < -0.39 is 11.8 Å². The summed E-state index contributed by atoms with van der Waals surface area (Å²) in [4.78, 5) is 24.3. The molecule has 0 bridgehead atoms. The largest absolute Gasteiger partial charge is 0.492 e. The smallest absolute Gasteiger partial charge is 0.276 e. The highest BCUT2D eigenvalue weighted by molar-refractivity contribution is 9.10. The van der Waals surface area contributed by atoms with Crippen molar-refractivity contribution in [2.45, 2.75) is 40.0 Å². The molecule has 7 heteroatoms. The Kier molecular flexibility index (Phi) is 8.51. The molecule has 2 amide bonds. The number of hydrazine groups is 1. The Balaban J connectivity index is 1.89. The molecule has 0 aliphatic rings. The van der Waals surface area contributed by atoms with E-state index in [0.717, 1.165) is 17.5 Å². The van der Waals surface area contributed by atoms with Gasteiger partial charge in [-0.1, -0.05) is 32.9 Å². The number of halogens is 1. The molecule has 0 aliphatic heterocycles. The van der Waals surface area contributed by atoms with Gasteiger partial charge in [-0.2, -0.15) is 0 Å². The lowest BCUT2D eigenvalue weighted by Crippen LogP contribution is -2.43. The molecule has 2 aromatic carbocycles. The number of ether oxygens (including phenoxy) is 2. The van der Waals surface area contributed by atoms with Gasteiger partial charge in [0.25, 0.3) is 11.8 Å². The van der Waals surface area contributed by atoms with Crippen molar-refractivity contribution in [2.75, 3.05) is 13.2 Å². The predicted molar refractivity (Wildman–Crippen MR) is 116 cm³/mol. The Morgan fingerprint density at radius 3 is 2.45 bits per heavy atom. The van der Waals surface area contributed by atoms with Crippen molar-refractivity contribution < 1.29 is 19.1 Å². The number of nitrogens with one attached hydrogen (secondary N) is 2. The van der Waals surface area contributed by atoms with Crippen LogP contribution in [0.4, 0.5) is 0 Å². The number of benzene rings is 2. The number of hydrogen-bond donors (Lipinski definition) is 2. The SMILES string of the molecule is CCCOc1ccc(C(=O)NNC(=O)COc2cc(C)ccc2C(C)C)cc1Br. The van der Waals surface area contributed by atoms with Gasteiger partial charge in [0, 0.05) is 5.56 Å². The van der Waals surface area contributed by atoms with E-state index in [0.29, 0.717) is 28.1 Å². The van der Waals surface area contributed by atoms with Crippen LogP contribution in [0.5, 0.6) is 11.5 Å².